The first-order chi connectivity index (χ1) is 12.1. The minimum Gasteiger partial charge on any atom is -0.359 e. The van der Waals surface area contributed by atoms with E-state index in [0.717, 1.165) is 26.8 Å². The summed E-state index contributed by atoms with van der Waals surface area (Å²) in [5.41, 5.74) is 3.23. The third kappa shape index (κ3) is 3.04. The van der Waals surface area contributed by atoms with E-state index in [1.54, 1.807) is 35.7 Å². The van der Waals surface area contributed by atoms with Crippen LogP contribution in [0.25, 0.3) is 22.3 Å². The molecular weight excluding hydrogens is 354 g/mol. The van der Waals surface area contributed by atoms with E-state index in [0.29, 0.717) is 10.7 Å². The van der Waals surface area contributed by atoms with Gasteiger partial charge in [-0.3, -0.25) is 9.20 Å². The van der Waals surface area contributed by atoms with E-state index in [1.807, 2.05) is 47.9 Å². The van der Waals surface area contributed by atoms with Gasteiger partial charge in [0.2, 0.25) is 5.78 Å². The Morgan fingerprint density at radius 1 is 1.28 bits per heavy atom. The van der Waals surface area contributed by atoms with Crippen LogP contribution in [0.4, 0.5) is 0 Å². The number of nitrogens with one attached hydrogen (secondary N) is 1. The highest BCUT2D eigenvalue weighted by atomic mass is 35.5. The summed E-state index contributed by atoms with van der Waals surface area (Å²) in [4.78, 5) is 22.0. The number of aromatic nitrogens is 3. The van der Waals surface area contributed by atoms with Gasteiger partial charge in [-0.1, -0.05) is 23.7 Å². The first-order valence-electron chi connectivity index (χ1n) is 7.72. The average Bonchev–Trinajstić information content (AvgIpc) is 3.30. The molecule has 4 rings (SSSR count). The molecule has 3 heterocycles. The summed E-state index contributed by atoms with van der Waals surface area (Å²) < 4.78 is 2.02. The van der Waals surface area contributed by atoms with Crippen molar-refractivity contribution in [2.45, 2.75) is 6.92 Å². The lowest BCUT2D eigenvalue weighted by Gasteiger charge is -2.01. The summed E-state index contributed by atoms with van der Waals surface area (Å²) in [5, 5.41) is 0.680. The van der Waals surface area contributed by atoms with Crippen molar-refractivity contribution in [2.75, 3.05) is 0 Å². The van der Waals surface area contributed by atoms with Gasteiger partial charge in [0.1, 0.15) is 0 Å². The third-order valence-electron chi connectivity index (χ3n) is 3.85. The molecule has 1 N–H and O–H groups in total. The number of hydrogen-bond donors (Lipinski definition) is 1. The topological polar surface area (TPSA) is 50.2 Å². The Hall–Kier alpha value is -2.63. The van der Waals surface area contributed by atoms with Crippen LogP contribution in [0.15, 0.2) is 54.9 Å². The van der Waals surface area contributed by atoms with E-state index in [2.05, 4.69) is 4.98 Å². The lowest BCUT2D eigenvalue weighted by Crippen LogP contribution is -1.94. The van der Waals surface area contributed by atoms with Crippen LogP contribution in [-0.4, -0.2) is 20.2 Å². The summed E-state index contributed by atoms with van der Waals surface area (Å²) >= 11 is 7.61. The van der Waals surface area contributed by atoms with E-state index in [9.17, 15) is 4.79 Å². The van der Waals surface area contributed by atoms with Crippen molar-refractivity contribution in [3.8, 4) is 11.3 Å². The molecule has 0 aliphatic rings. The number of nitrogens with zero attached hydrogens (tertiary/aromatic N) is 2. The van der Waals surface area contributed by atoms with Gasteiger partial charge in [0.05, 0.1) is 17.1 Å². The Balaban J connectivity index is 1.81. The number of imidazole rings is 1. The molecule has 0 saturated heterocycles. The largest absolute Gasteiger partial charge is 0.359 e. The maximum Gasteiger partial charge on any atom is 0.202 e. The first kappa shape index (κ1) is 15.9. The molecule has 6 heteroatoms. The van der Waals surface area contributed by atoms with Gasteiger partial charge in [-0.25, -0.2) is 4.98 Å². The van der Waals surface area contributed by atoms with Crippen molar-refractivity contribution in [2.24, 2.45) is 0 Å². The molecule has 0 aliphatic heterocycles. The van der Waals surface area contributed by atoms with Crippen LogP contribution in [0.3, 0.4) is 0 Å². The molecule has 0 fully saturated rings. The number of thiazole rings is 1. The Kier molecular flexibility index (Phi) is 4.03. The fourth-order valence-electron chi connectivity index (χ4n) is 2.68. The van der Waals surface area contributed by atoms with Crippen LogP contribution in [0.5, 0.6) is 0 Å². The Morgan fingerprint density at radius 3 is 2.80 bits per heavy atom. The van der Waals surface area contributed by atoms with Gasteiger partial charge in [-0.15, -0.1) is 11.3 Å². The monoisotopic (exact) mass is 367 g/mol. The van der Waals surface area contributed by atoms with Gasteiger partial charge in [0.25, 0.3) is 0 Å². The fraction of sp³-hybridized carbons (Fsp3) is 0.0526. The average molecular weight is 368 g/mol. The summed E-state index contributed by atoms with van der Waals surface area (Å²) in [6.45, 7) is 2.04. The molecular formula is C19H14ClN3OS. The van der Waals surface area contributed by atoms with Crippen LogP contribution in [0, 0.1) is 6.92 Å². The van der Waals surface area contributed by atoms with E-state index in [-0.39, 0.29) is 5.78 Å². The first-order valence-corrected chi connectivity index (χ1v) is 8.91. The van der Waals surface area contributed by atoms with Crippen LogP contribution < -0.4 is 0 Å². The molecule has 0 radical (unpaired) electrons. The molecule has 0 aliphatic carbocycles. The number of H-pyrrole nitrogens is 1. The second-order valence-electron chi connectivity index (χ2n) is 5.63. The number of hydrogen-bond acceptors (Lipinski definition) is 3. The smallest absolute Gasteiger partial charge is 0.202 e. The standard InChI is InChI=1S/C19H14ClN3OS/c1-12-11-23-16(8-9-17(24)15-3-2-10-21-15)18(22-19(23)25-12)13-4-6-14(20)7-5-13/h2-11,21H,1H3. The van der Waals surface area contributed by atoms with Gasteiger partial charge in [0.15, 0.2) is 4.96 Å². The SMILES string of the molecule is Cc1cn2c(C=CC(=O)c3ccc[nH]3)c(-c3ccc(Cl)cc3)nc2s1. The molecule has 3 aromatic heterocycles. The van der Waals surface area contributed by atoms with Crippen LogP contribution in [-0.2, 0) is 0 Å². The number of carbonyl (C=O) groups excluding carboxylic acids is 1. The van der Waals surface area contributed by atoms with Crippen LogP contribution >= 0.6 is 22.9 Å². The van der Waals surface area contributed by atoms with Gasteiger partial charge in [-0.05, 0) is 43.3 Å². The quantitative estimate of drug-likeness (QED) is 0.395. The molecule has 0 amide bonds. The van der Waals surface area contributed by atoms with Crippen molar-refractivity contribution in [1.29, 1.82) is 0 Å². The molecule has 4 aromatic rings. The predicted octanol–water partition coefficient (Wildman–Crippen LogP) is 5.25. The number of aryl methyl sites for hydroxylation is 1. The number of allylic oxidation sites excluding steroid dienone is 1. The van der Waals surface area contributed by atoms with E-state index in [1.165, 1.54) is 0 Å². The van der Waals surface area contributed by atoms with Crippen molar-refractivity contribution >= 4 is 39.8 Å². The summed E-state index contributed by atoms with van der Waals surface area (Å²) in [6, 6.07) is 11.1. The second kappa shape index (κ2) is 6.35. The maximum atomic E-state index is 12.3. The Bertz CT molecular complexity index is 1070. The van der Waals surface area contributed by atoms with Gasteiger partial charge < -0.3 is 4.98 Å². The highest BCUT2D eigenvalue weighted by Crippen LogP contribution is 2.30. The van der Waals surface area contributed by atoms with E-state index < -0.39 is 0 Å². The molecule has 0 bridgehead atoms. The molecule has 25 heavy (non-hydrogen) atoms. The van der Waals surface area contributed by atoms with Crippen LogP contribution in [0.2, 0.25) is 5.02 Å². The van der Waals surface area contributed by atoms with Gasteiger partial charge in [0, 0.05) is 27.9 Å². The minimum absolute atomic E-state index is 0.0750. The normalized spacial score (nSPS) is 11.6. The number of benzene rings is 1. The maximum absolute atomic E-state index is 12.3. The van der Waals surface area contributed by atoms with Gasteiger partial charge in [-0.2, -0.15) is 0 Å². The lowest BCUT2D eigenvalue weighted by molar-refractivity contribution is 0.104. The zero-order valence-corrected chi connectivity index (χ0v) is 14.9. The van der Waals surface area contributed by atoms with Crippen LogP contribution in [0.1, 0.15) is 21.1 Å². The molecule has 4 nitrogen and oxygen atoms in total. The Morgan fingerprint density at radius 2 is 2.08 bits per heavy atom. The molecule has 124 valence electrons. The molecule has 1 aromatic carbocycles. The second-order valence-corrected chi connectivity index (χ2v) is 7.28. The minimum atomic E-state index is -0.0750. The van der Waals surface area contributed by atoms with Gasteiger partial charge >= 0.3 is 0 Å². The van der Waals surface area contributed by atoms with Crippen molar-refractivity contribution in [3.05, 3.63) is 76.2 Å². The number of ketones is 1. The summed E-state index contributed by atoms with van der Waals surface area (Å²) in [7, 11) is 0. The lowest BCUT2D eigenvalue weighted by atomic mass is 10.1. The number of fused-ring (bicyclic) bond motifs is 1. The van der Waals surface area contributed by atoms with Crippen molar-refractivity contribution in [1.82, 2.24) is 14.4 Å². The zero-order valence-electron chi connectivity index (χ0n) is 13.4. The van der Waals surface area contributed by atoms with Crippen molar-refractivity contribution in [3.63, 3.8) is 0 Å². The number of halogens is 1. The Labute approximate surface area is 153 Å². The number of rotatable bonds is 4. The number of aromatic amines is 1. The fourth-order valence-corrected chi connectivity index (χ4v) is 3.64. The van der Waals surface area contributed by atoms with E-state index >= 15 is 0 Å². The van der Waals surface area contributed by atoms with E-state index in [4.69, 9.17) is 16.6 Å². The third-order valence-corrected chi connectivity index (χ3v) is 5.00. The molecule has 0 saturated carbocycles. The number of carbonyl (C=O) groups is 1. The summed E-state index contributed by atoms with van der Waals surface area (Å²) in [6.07, 6.45) is 7.16. The molecule has 0 atom stereocenters. The highest BCUT2D eigenvalue weighted by molar-refractivity contribution is 7.17. The zero-order chi connectivity index (χ0) is 17.4. The highest BCUT2D eigenvalue weighted by Gasteiger charge is 2.14. The van der Waals surface area contributed by atoms with Crippen molar-refractivity contribution < 1.29 is 4.79 Å². The molecule has 0 unspecified atom stereocenters. The predicted molar refractivity (Wildman–Crippen MR) is 102 cm³/mol. The molecule has 0 spiro atoms. The summed E-state index contributed by atoms with van der Waals surface area (Å²) in [5.74, 6) is -0.0750.